The summed E-state index contributed by atoms with van der Waals surface area (Å²) in [6.45, 7) is 4.73. The van der Waals surface area contributed by atoms with Gasteiger partial charge < -0.3 is 4.74 Å². The molecule has 0 saturated carbocycles. The van der Waals surface area contributed by atoms with E-state index < -0.39 is 0 Å². The van der Waals surface area contributed by atoms with Crippen LogP contribution >= 0.6 is 0 Å². The van der Waals surface area contributed by atoms with Gasteiger partial charge >= 0.3 is 0 Å². The van der Waals surface area contributed by atoms with E-state index in [1.165, 1.54) is 83.1 Å². The Bertz CT molecular complexity index is 2350. The summed E-state index contributed by atoms with van der Waals surface area (Å²) in [5.41, 5.74) is 17.6. The van der Waals surface area contributed by atoms with Crippen molar-refractivity contribution in [3.8, 4) is 33.8 Å². The van der Waals surface area contributed by atoms with Crippen LogP contribution in [0, 0.1) is 0 Å². The minimum absolute atomic E-state index is 0.0178. The van der Waals surface area contributed by atoms with E-state index >= 15 is 0 Å². The highest BCUT2D eigenvalue weighted by Crippen LogP contribution is 2.54. The van der Waals surface area contributed by atoms with Crippen molar-refractivity contribution < 1.29 is 4.74 Å². The molecule has 1 nitrogen and oxygen atoms in total. The summed E-state index contributed by atoms with van der Waals surface area (Å²) in [5, 5.41) is 2.54. The van der Waals surface area contributed by atoms with Gasteiger partial charge in [-0.1, -0.05) is 129 Å². The van der Waals surface area contributed by atoms with E-state index in [1.54, 1.807) is 0 Å². The molecular weight excluding hydrogens is 556 g/mol. The van der Waals surface area contributed by atoms with Gasteiger partial charge in [0.15, 0.2) is 0 Å². The number of para-hydroxylation sites is 1. The number of fused-ring (bicyclic) bond motifs is 8. The number of ether oxygens (including phenoxy) is 1. The molecule has 1 atom stereocenters. The standard InChI is InChI=1S/C45H34O/c1-45(2)40-16-6-5-11-35(40)36-22-21-30(25-41(36)45)28-17-18-29-24-32(20-19-27(29)23-28)34-12-7-15-39-38-14-8-13-37-33-10-4-3-9-31(33)26-42(43(37)38)46-44(34)39/h3-13,15-16,19-26,38H,14,17-18H2,1-2H3. The van der Waals surface area contributed by atoms with Crippen molar-refractivity contribution >= 4 is 28.5 Å². The van der Waals surface area contributed by atoms with Gasteiger partial charge in [0.2, 0.25) is 0 Å². The van der Waals surface area contributed by atoms with Gasteiger partial charge in [0.25, 0.3) is 0 Å². The van der Waals surface area contributed by atoms with Crippen LogP contribution < -0.4 is 4.74 Å². The number of hydrogen-bond donors (Lipinski definition) is 0. The summed E-state index contributed by atoms with van der Waals surface area (Å²) in [6.07, 6.45) is 10.1. The Morgan fingerprint density at radius 2 is 1.52 bits per heavy atom. The molecule has 0 spiro atoms. The zero-order valence-electron chi connectivity index (χ0n) is 26.2. The number of aryl methyl sites for hydroxylation is 1. The topological polar surface area (TPSA) is 9.23 Å². The first-order chi connectivity index (χ1) is 22.5. The van der Waals surface area contributed by atoms with Crippen LogP contribution in [0.5, 0.6) is 11.5 Å². The van der Waals surface area contributed by atoms with Crippen LogP contribution in [0.4, 0.5) is 0 Å². The van der Waals surface area contributed by atoms with E-state index in [2.05, 4.69) is 141 Å². The summed E-state index contributed by atoms with van der Waals surface area (Å²) in [5.74, 6) is 2.34. The maximum absolute atomic E-state index is 6.87. The second kappa shape index (κ2) is 9.44. The molecular formula is C45H34O. The third-order valence-electron chi connectivity index (χ3n) is 11.1. The molecule has 1 unspecified atom stereocenters. The van der Waals surface area contributed by atoms with Crippen LogP contribution in [0.25, 0.3) is 50.8 Å². The van der Waals surface area contributed by atoms with Crippen LogP contribution in [0.2, 0.25) is 0 Å². The predicted octanol–water partition coefficient (Wildman–Crippen LogP) is 12.0. The summed E-state index contributed by atoms with van der Waals surface area (Å²) < 4.78 is 6.87. The average Bonchev–Trinajstić information content (AvgIpc) is 3.33. The van der Waals surface area contributed by atoms with Crippen LogP contribution in [-0.4, -0.2) is 0 Å². The van der Waals surface area contributed by atoms with E-state index in [0.717, 1.165) is 30.8 Å². The summed E-state index contributed by atoms with van der Waals surface area (Å²) in [4.78, 5) is 0. The van der Waals surface area contributed by atoms with Crippen LogP contribution in [0.1, 0.15) is 77.1 Å². The summed E-state index contributed by atoms with van der Waals surface area (Å²) >= 11 is 0. The molecule has 1 heteroatoms. The molecule has 1 aliphatic heterocycles. The molecule has 46 heavy (non-hydrogen) atoms. The van der Waals surface area contributed by atoms with Crippen molar-refractivity contribution in [2.75, 3.05) is 0 Å². The third kappa shape index (κ3) is 3.63. The van der Waals surface area contributed by atoms with Gasteiger partial charge in [-0.2, -0.15) is 0 Å². The lowest BCUT2D eigenvalue weighted by Gasteiger charge is -2.33. The fraction of sp³-hybridized carbons (Fsp3) is 0.156. The highest BCUT2D eigenvalue weighted by atomic mass is 16.5. The number of hydrogen-bond acceptors (Lipinski definition) is 1. The van der Waals surface area contributed by atoms with Gasteiger partial charge in [-0.25, -0.2) is 0 Å². The van der Waals surface area contributed by atoms with Gasteiger partial charge in [-0.15, -0.1) is 0 Å². The second-order valence-electron chi connectivity index (χ2n) is 14.0. The molecule has 0 saturated heterocycles. The van der Waals surface area contributed by atoms with E-state index in [-0.39, 0.29) is 5.41 Å². The van der Waals surface area contributed by atoms with Crippen LogP contribution in [0.15, 0.2) is 115 Å². The molecule has 220 valence electrons. The number of benzene rings is 6. The molecule has 1 heterocycles. The first kappa shape index (κ1) is 26.1. The quantitative estimate of drug-likeness (QED) is 0.195. The van der Waals surface area contributed by atoms with Gasteiger partial charge in [0.1, 0.15) is 11.5 Å². The van der Waals surface area contributed by atoms with Crippen molar-refractivity contribution in [1.29, 1.82) is 0 Å². The third-order valence-corrected chi connectivity index (χ3v) is 11.1. The fourth-order valence-corrected chi connectivity index (χ4v) is 8.78. The van der Waals surface area contributed by atoms with E-state index in [4.69, 9.17) is 4.74 Å². The smallest absolute Gasteiger partial charge is 0.139 e. The fourth-order valence-electron chi connectivity index (χ4n) is 8.78. The van der Waals surface area contributed by atoms with E-state index in [1.807, 2.05) is 0 Å². The number of rotatable bonds is 2. The second-order valence-corrected chi connectivity index (χ2v) is 14.0. The van der Waals surface area contributed by atoms with Gasteiger partial charge in [-0.05, 0) is 97.8 Å². The minimum atomic E-state index is 0.0178. The average molecular weight is 591 g/mol. The van der Waals surface area contributed by atoms with Crippen molar-refractivity contribution in [2.24, 2.45) is 0 Å². The Kier molecular flexibility index (Phi) is 5.36. The predicted molar refractivity (Wildman–Crippen MR) is 192 cm³/mol. The maximum atomic E-state index is 6.87. The Labute approximate surface area is 270 Å². The van der Waals surface area contributed by atoms with Crippen molar-refractivity contribution in [1.82, 2.24) is 0 Å². The van der Waals surface area contributed by atoms with Gasteiger partial charge in [-0.3, -0.25) is 0 Å². The molecule has 3 aliphatic carbocycles. The SMILES string of the molecule is CC1(C)c2ccccc2-c2ccc(C3=Cc4ccc(-c5cccc6c5Oc5cc7ccccc7c7c5C6CC=C7)cc4CC3)cc21. The molecule has 0 N–H and O–H groups in total. The largest absolute Gasteiger partial charge is 0.456 e. The lowest BCUT2D eigenvalue weighted by molar-refractivity contribution is 0.447. The Morgan fingerprint density at radius 1 is 0.696 bits per heavy atom. The zero-order chi connectivity index (χ0) is 30.6. The summed E-state index contributed by atoms with van der Waals surface area (Å²) in [6, 6.07) is 40.7. The van der Waals surface area contributed by atoms with E-state index in [9.17, 15) is 0 Å². The molecule has 6 aromatic rings. The van der Waals surface area contributed by atoms with Crippen LogP contribution in [0.3, 0.4) is 0 Å². The Hall–Kier alpha value is -5.14. The Morgan fingerprint density at radius 3 is 2.48 bits per heavy atom. The Balaban J connectivity index is 1.02. The molecule has 0 fully saturated rings. The molecule has 0 amide bonds. The molecule has 0 radical (unpaired) electrons. The summed E-state index contributed by atoms with van der Waals surface area (Å²) in [7, 11) is 0. The number of allylic oxidation sites excluding steroid dienone is 2. The lowest BCUT2D eigenvalue weighted by Crippen LogP contribution is -2.15. The van der Waals surface area contributed by atoms with E-state index in [0.29, 0.717) is 5.92 Å². The molecule has 4 aliphatic rings. The highest BCUT2D eigenvalue weighted by Gasteiger charge is 2.36. The highest BCUT2D eigenvalue weighted by molar-refractivity contribution is 5.96. The molecule has 10 rings (SSSR count). The normalized spacial score (nSPS) is 17.7. The van der Waals surface area contributed by atoms with Crippen LogP contribution in [-0.2, 0) is 11.8 Å². The molecule has 6 aromatic carbocycles. The van der Waals surface area contributed by atoms with Gasteiger partial charge in [0, 0.05) is 28.0 Å². The van der Waals surface area contributed by atoms with Crippen molar-refractivity contribution in [3.63, 3.8) is 0 Å². The maximum Gasteiger partial charge on any atom is 0.139 e. The van der Waals surface area contributed by atoms with Gasteiger partial charge in [0.05, 0.1) is 0 Å². The minimum Gasteiger partial charge on any atom is -0.456 e. The molecule has 0 aromatic heterocycles. The lowest BCUT2D eigenvalue weighted by atomic mass is 9.77. The first-order valence-electron chi connectivity index (χ1n) is 16.7. The molecule has 0 bridgehead atoms. The first-order valence-corrected chi connectivity index (χ1v) is 16.7. The zero-order valence-corrected chi connectivity index (χ0v) is 26.2. The monoisotopic (exact) mass is 590 g/mol. The van der Waals surface area contributed by atoms with Crippen molar-refractivity contribution in [2.45, 2.75) is 44.4 Å². The van der Waals surface area contributed by atoms with Crippen molar-refractivity contribution in [3.05, 3.63) is 160 Å².